The van der Waals surface area contributed by atoms with Gasteiger partial charge < -0.3 is 4.74 Å². The highest BCUT2D eigenvalue weighted by molar-refractivity contribution is 5.91. The number of aryl methyl sites for hydroxylation is 1. The fourth-order valence-corrected chi connectivity index (χ4v) is 4.19. The first-order chi connectivity index (χ1) is 19.8. The average molecular weight is 594 g/mol. The van der Waals surface area contributed by atoms with Gasteiger partial charge in [0.1, 0.15) is 40.7 Å². The normalized spacial score (nSPS) is 11.8. The van der Waals surface area contributed by atoms with Crippen LogP contribution in [0.2, 0.25) is 0 Å². The molecule has 4 aromatic rings. The van der Waals surface area contributed by atoms with Gasteiger partial charge in [-0.3, -0.25) is 0 Å². The van der Waals surface area contributed by atoms with Crippen LogP contribution in [-0.4, -0.2) is 12.1 Å². The smallest absolute Gasteiger partial charge is 0.409 e. The van der Waals surface area contributed by atoms with Crippen LogP contribution < -0.4 is 4.74 Å². The second kappa shape index (κ2) is 12.1. The number of halogens is 9. The predicted molar refractivity (Wildman–Crippen MR) is 138 cm³/mol. The van der Waals surface area contributed by atoms with Crippen molar-refractivity contribution in [1.29, 1.82) is 0 Å². The van der Waals surface area contributed by atoms with Crippen LogP contribution in [0.25, 0.3) is 28.3 Å². The van der Waals surface area contributed by atoms with Gasteiger partial charge in [-0.05, 0) is 77.7 Å². The van der Waals surface area contributed by atoms with Crippen molar-refractivity contribution in [1.82, 2.24) is 0 Å². The van der Waals surface area contributed by atoms with Crippen LogP contribution in [-0.2, 0) is 6.42 Å². The lowest BCUT2D eigenvalue weighted by molar-refractivity contribution is -0.0790. The third-order valence-electron chi connectivity index (χ3n) is 6.10. The zero-order valence-electron chi connectivity index (χ0n) is 21.6. The highest BCUT2D eigenvalue weighted by atomic mass is 19.4. The molecule has 0 saturated heterocycles. The highest BCUT2D eigenvalue weighted by Gasteiger charge is 2.24. The zero-order valence-corrected chi connectivity index (χ0v) is 21.6. The van der Waals surface area contributed by atoms with Gasteiger partial charge in [0.15, 0.2) is 0 Å². The predicted octanol–water partition coefficient (Wildman–Crippen LogP) is 9.60. The van der Waals surface area contributed by atoms with Crippen molar-refractivity contribution in [3.05, 3.63) is 118 Å². The summed E-state index contributed by atoms with van der Waals surface area (Å²) in [6.07, 6.45) is -3.73. The summed E-state index contributed by atoms with van der Waals surface area (Å²) in [4.78, 5) is 12.4. The lowest BCUT2D eigenvalue weighted by Gasteiger charge is -2.12. The summed E-state index contributed by atoms with van der Waals surface area (Å²) in [7, 11) is 0. The lowest BCUT2D eigenvalue weighted by Crippen LogP contribution is -2.11. The van der Waals surface area contributed by atoms with Crippen molar-refractivity contribution in [3.8, 4) is 28.0 Å². The van der Waals surface area contributed by atoms with E-state index in [-0.39, 0.29) is 28.5 Å². The number of esters is 1. The molecule has 2 nitrogen and oxygen atoms in total. The number of rotatable bonds is 7. The van der Waals surface area contributed by atoms with Crippen LogP contribution in [0.1, 0.15) is 34.8 Å². The van der Waals surface area contributed by atoms with Gasteiger partial charge >= 0.3 is 12.1 Å². The van der Waals surface area contributed by atoms with Gasteiger partial charge in [-0.1, -0.05) is 19.4 Å². The first-order valence-electron chi connectivity index (χ1n) is 12.3. The van der Waals surface area contributed by atoms with E-state index in [0.717, 1.165) is 24.6 Å². The number of allylic oxidation sites excluding steroid dienone is 1. The largest absolute Gasteiger partial charge is 0.423 e. The van der Waals surface area contributed by atoms with Crippen molar-refractivity contribution in [2.24, 2.45) is 0 Å². The van der Waals surface area contributed by atoms with E-state index in [9.17, 15) is 44.3 Å². The van der Waals surface area contributed by atoms with Gasteiger partial charge in [0.05, 0.1) is 11.1 Å². The lowest BCUT2D eigenvalue weighted by atomic mass is 9.97. The molecule has 11 heteroatoms. The molecular formula is C31H19F9O2. The minimum Gasteiger partial charge on any atom is -0.423 e. The SMILES string of the molecule is CCCc1ccc(C(=O)Oc2ccc(-c3cc(F)c(-c4cc(F)c(C=CC(F)(F)F)c(F)c4)c(F)c3)c(F)c2)c(F)c1. The van der Waals surface area contributed by atoms with Crippen LogP contribution in [0.5, 0.6) is 5.75 Å². The van der Waals surface area contributed by atoms with Crippen LogP contribution in [0.15, 0.2) is 66.7 Å². The number of hydrogen-bond donors (Lipinski definition) is 0. The summed E-state index contributed by atoms with van der Waals surface area (Å²) >= 11 is 0. The standard InChI is InChI=1S/C31H19F9O2/c1-2-3-16-4-6-22(23(32)10-16)30(41)42-19-5-7-20(26(35)15-19)17-11-27(36)29(28(37)12-17)18-13-24(33)21(25(34)14-18)8-9-31(38,39)40/h4-15H,2-3H2,1H3. The second-order valence-electron chi connectivity index (χ2n) is 9.14. The van der Waals surface area contributed by atoms with Gasteiger partial charge in [-0.2, -0.15) is 13.2 Å². The molecule has 0 aliphatic heterocycles. The Hall–Kier alpha value is -4.54. The maximum absolute atomic E-state index is 15.0. The van der Waals surface area contributed by atoms with Gasteiger partial charge in [0, 0.05) is 23.3 Å². The summed E-state index contributed by atoms with van der Waals surface area (Å²) in [5, 5.41) is 0. The van der Waals surface area contributed by atoms with Crippen molar-refractivity contribution in [3.63, 3.8) is 0 Å². The summed E-state index contributed by atoms with van der Waals surface area (Å²) in [6.45, 7) is 1.90. The fraction of sp³-hybridized carbons (Fsp3) is 0.129. The molecule has 0 aromatic heterocycles. The number of ether oxygens (including phenoxy) is 1. The molecule has 0 atom stereocenters. The topological polar surface area (TPSA) is 26.3 Å². The van der Waals surface area contributed by atoms with Crippen molar-refractivity contribution < 1.29 is 49.0 Å². The monoisotopic (exact) mass is 594 g/mol. The Labute approximate surface area is 233 Å². The minimum atomic E-state index is -4.85. The Morgan fingerprint density at radius 3 is 1.90 bits per heavy atom. The maximum Gasteiger partial charge on any atom is 0.409 e. The number of alkyl halides is 3. The molecule has 0 fully saturated rings. The fourth-order valence-electron chi connectivity index (χ4n) is 4.19. The molecule has 0 heterocycles. The molecule has 42 heavy (non-hydrogen) atoms. The van der Waals surface area contributed by atoms with Crippen molar-refractivity contribution in [2.45, 2.75) is 25.9 Å². The summed E-state index contributed by atoms with van der Waals surface area (Å²) in [5.74, 6) is -8.99. The third kappa shape index (κ3) is 6.84. The van der Waals surface area contributed by atoms with Gasteiger partial charge in [0.25, 0.3) is 0 Å². The first-order valence-corrected chi connectivity index (χ1v) is 12.3. The second-order valence-corrected chi connectivity index (χ2v) is 9.14. The summed E-state index contributed by atoms with van der Waals surface area (Å²) in [5.41, 5.74) is -2.97. The van der Waals surface area contributed by atoms with Crippen LogP contribution in [0.3, 0.4) is 0 Å². The van der Waals surface area contributed by atoms with Crippen LogP contribution in [0.4, 0.5) is 39.5 Å². The summed E-state index contributed by atoms with van der Waals surface area (Å²) in [6, 6.07) is 9.19. The third-order valence-corrected chi connectivity index (χ3v) is 6.10. The van der Waals surface area contributed by atoms with E-state index in [4.69, 9.17) is 4.74 Å². The van der Waals surface area contributed by atoms with Gasteiger partial charge in [-0.15, -0.1) is 0 Å². The zero-order chi connectivity index (χ0) is 30.8. The molecule has 0 amide bonds. The van der Waals surface area contributed by atoms with E-state index in [2.05, 4.69) is 0 Å². The van der Waals surface area contributed by atoms with Gasteiger partial charge in [0.2, 0.25) is 0 Å². The molecule has 0 N–H and O–H groups in total. The molecule has 0 radical (unpaired) electrons. The molecule has 4 rings (SSSR count). The Kier molecular flexibility index (Phi) is 8.79. The molecule has 0 spiro atoms. The quantitative estimate of drug-likeness (QED) is 0.121. The molecule has 218 valence electrons. The minimum absolute atomic E-state index is 0.146. The van der Waals surface area contributed by atoms with E-state index in [1.54, 1.807) is 6.07 Å². The number of benzene rings is 4. The number of hydrogen-bond acceptors (Lipinski definition) is 2. The first kappa shape index (κ1) is 30.4. The highest BCUT2D eigenvalue weighted by Crippen LogP contribution is 2.35. The molecule has 0 bridgehead atoms. The number of carbonyl (C=O) groups excluding carboxylic acids is 1. The summed E-state index contributed by atoms with van der Waals surface area (Å²) < 4.78 is 130. The molecule has 0 saturated carbocycles. The molecule has 0 aliphatic carbocycles. The van der Waals surface area contributed by atoms with E-state index in [1.165, 1.54) is 12.1 Å². The van der Waals surface area contributed by atoms with Crippen LogP contribution in [0, 0.1) is 34.9 Å². The van der Waals surface area contributed by atoms with Crippen molar-refractivity contribution in [2.75, 3.05) is 0 Å². The number of carbonyl (C=O) groups is 1. The van der Waals surface area contributed by atoms with E-state index in [1.807, 2.05) is 6.92 Å². The molecule has 4 aromatic carbocycles. The molecular weight excluding hydrogens is 575 g/mol. The van der Waals surface area contributed by atoms with E-state index in [0.29, 0.717) is 36.2 Å². The average Bonchev–Trinajstić information content (AvgIpc) is 2.87. The van der Waals surface area contributed by atoms with E-state index < -0.39 is 69.8 Å². The Balaban J connectivity index is 1.59. The van der Waals surface area contributed by atoms with Crippen molar-refractivity contribution >= 4 is 12.0 Å². The van der Waals surface area contributed by atoms with Gasteiger partial charge in [-0.25, -0.2) is 31.1 Å². The van der Waals surface area contributed by atoms with Crippen LogP contribution >= 0.6 is 0 Å². The molecule has 0 unspecified atom stereocenters. The maximum atomic E-state index is 15.0. The Morgan fingerprint density at radius 1 is 0.738 bits per heavy atom. The Morgan fingerprint density at radius 2 is 1.36 bits per heavy atom. The molecule has 0 aliphatic rings. The Bertz CT molecular complexity index is 1640. The van der Waals surface area contributed by atoms with E-state index >= 15 is 0 Å².